The predicted octanol–water partition coefficient (Wildman–Crippen LogP) is 2.93. The maximum absolute atomic E-state index is 14.3. The van der Waals surface area contributed by atoms with Crippen LogP contribution in [-0.4, -0.2) is 50.5 Å². The van der Waals surface area contributed by atoms with Gasteiger partial charge in [-0.25, -0.2) is 12.8 Å². The number of carbonyl (C=O) groups is 2. The summed E-state index contributed by atoms with van der Waals surface area (Å²) in [5, 5.41) is 2.80. The van der Waals surface area contributed by atoms with Crippen molar-refractivity contribution in [2.24, 2.45) is 0 Å². The number of anilines is 1. The van der Waals surface area contributed by atoms with Gasteiger partial charge in [0.2, 0.25) is 21.8 Å². The smallest absolute Gasteiger partial charge is 0.244 e. The van der Waals surface area contributed by atoms with Gasteiger partial charge in [-0.15, -0.1) is 0 Å². The van der Waals surface area contributed by atoms with Gasteiger partial charge < -0.3 is 10.2 Å². The Bertz CT molecular complexity index is 1010. The Kier molecular flexibility index (Phi) is 9.19. The van der Waals surface area contributed by atoms with Crippen LogP contribution in [0.25, 0.3) is 0 Å². The van der Waals surface area contributed by atoms with E-state index >= 15 is 0 Å². The molecule has 32 heavy (non-hydrogen) atoms. The van der Waals surface area contributed by atoms with Gasteiger partial charge >= 0.3 is 0 Å². The highest BCUT2D eigenvalue weighted by Gasteiger charge is 2.30. The topological polar surface area (TPSA) is 86.8 Å². The van der Waals surface area contributed by atoms with Crippen molar-refractivity contribution in [1.82, 2.24) is 10.2 Å². The number of unbranched alkanes of at least 4 members (excludes halogenated alkanes) is 1. The molecule has 0 fully saturated rings. The number of nitrogens with one attached hydrogen (secondary N) is 1. The van der Waals surface area contributed by atoms with Crippen LogP contribution in [0.15, 0.2) is 54.6 Å². The van der Waals surface area contributed by atoms with E-state index in [9.17, 15) is 22.4 Å². The highest BCUT2D eigenvalue weighted by atomic mass is 32.2. The molecule has 0 heterocycles. The van der Waals surface area contributed by atoms with Crippen molar-refractivity contribution in [2.45, 2.75) is 39.3 Å². The molecule has 0 bridgehead atoms. The molecule has 2 amide bonds. The van der Waals surface area contributed by atoms with Crippen LogP contribution in [0.2, 0.25) is 0 Å². The Hall–Kier alpha value is -2.94. The molecular formula is C23H30FN3O4S. The number of hydrogen-bond donors (Lipinski definition) is 1. The molecule has 174 valence electrons. The monoisotopic (exact) mass is 463 g/mol. The van der Waals surface area contributed by atoms with Crippen LogP contribution in [0, 0.1) is 5.82 Å². The zero-order valence-electron chi connectivity index (χ0n) is 18.6. The van der Waals surface area contributed by atoms with E-state index in [-0.39, 0.29) is 18.1 Å². The van der Waals surface area contributed by atoms with Crippen LogP contribution >= 0.6 is 0 Å². The van der Waals surface area contributed by atoms with Crippen LogP contribution in [0.4, 0.5) is 10.1 Å². The molecule has 2 aromatic carbocycles. The first-order valence-electron chi connectivity index (χ1n) is 10.5. The maximum Gasteiger partial charge on any atom is 0.244 e. The largest absolute Gasteiger partial charge is 0.354 e. The summed E-state index contributed by atoms with van der Waals surface area (Å²) in [6.45, 7) is 3.56. The first-order valence-corrected chi connectivity index (χ1v) is 12.3. The molecule has 0 spiro atoms. The number of halogens is 1. The van der Waals surface area contributed by atoms with E-state index in [1.165, 1.54) is 23.1 Å². The standard InChI is InChI=1S/C23H30FN3O4S/c1-4-5-15-25-23(29)18(2)26(16-19-11-7-6-8-12-19)22(28)17-27(32(3,30)31)21-14-10-9-13-20(21)24/h6-14,18H,4-5,15-17H2,1-3H3,(H,25,29)/t18-/m0/s1. The zero-order chi connectivity index (χ0) is 23.7. The van der Waals surface area contributed by atoms with Crippen molar-refractivity contribution in [2.75, 3.05) is 23.7 Å². The van der Waals surface area contributed by atoms with Gasteiger partial charge in [-0.3, -0.25) is 13.9 Å². The molecule has 0 aliphatic rings. The number of para-hydroxylation sites is 1. The Morgan fingerprint density at radius 3 is 2.28 bits per heavy atom. The number of carbonyl (C=O) groups excluding carboxylic acids is 2. The third-order valence-corrected chi connectivity index (χ3v) is 6.12. The van der Waals surface area contributed by atoms with E-state index in [0.717, 1.165) is 35.0 Å². The lowest BCUT2D eigenvalue weighted by Gasteiger charge is -2.31. The molecule has 0 aromatic heterocycles. The van der Waals surface area contributed by atoms with Crippen molar-refractivity contribution < 1.29 is 22.4 Å². The van der Waals surface area contributed by atoms with Gasteiger partial charge in [0.25, 0.3) is 0 Å². The number of amides is 2. The third kappa shape index (κ3) is 7.05. The third-order valence-electron chi connectivity index (χ3n) is 4.99. The summed E-state index contributed by atoms with van der Waals surface area (Å²) in [5.74, 6) is -1.70. The fourth-order valence-corrected chi connectivity index (χ4v) is 4.00. The minimum Gasteiger partial charge on any atom is -0.354 e. The van der Waals surface area contributed by atoms with Gasteiger partial charge in [0, 0.05) is 13.1 Å². The Balaban J connectivity index is 2.33. The summed E-state index contributed by atoms with van der Waals surface area (Å²) < 4.78 is 39.8. The average Bonchev–Trinajstić information content (AvgIpc) is 2.76. The summed E-state index contributed by atoms with van der Waals surface area (Å²) in [5.41, 5.74) is 0.564. The van der Waals surface area contributed by atoms with Crippen molar-refractivity contribution in [3.8, 4) is 0 Å². The molecule has 9 heteroatoms. The van der Waals surface area contributed by atoms with Gasteiger partial charge in [0.05, 0.1) is 11.9 Å². The highest BCUT2D eigenvalue weighted by Crippen LogP contribution is 2.22. The lowest BCUT2D eigenvalue weighted by atomic mass is 10.1. The van der Waals surface area contributed by atoms with E-state index < -0.39 is 34.3 Å². The Morgan fingerprint density at radius 1 is 1.06 bits per heavy atom. The van der Waals surface area contributed by atoms with Crippen LogP contribution in [0.5, 0.6) is 0 Å². The van der Waals surface area contributed by atoms with Gasteiger partial charge in [-0.05, 0) is 31.0 Å². The summed E-state index contributed by atoms with van der Waals surface area (Å²) in [4.78, 5) is 27.3. The van der Waals surface area contributed by atoms with Crippen LogP contribution in [0.3, 0.4) is 0 Å². The molecule has 0 aliphatic carbocycles. The van der Waals surface area contributed by atoms with E-state index in [2.05, 4.69) is 5.32 Å². The average molecular weight is 464 g/mol. The number of nitrogens with zero attached hydrogens (tertiary/aromatic N) is 2. The summed E-state index contributed by atoms with van der Waals surface area (Å²) in [7, 11) is -3.96. The Labute approximate surface area is 189 Å². The second-order valence-corrected chi connectivity index (χ2v) is 9.46. The molecule has 1 atom stereocenters. The van der Waals surface area contributed by atoms with Gasteiger partial charge in [0.1, 0.15) is 18.4 Å². The first kappa shape index (κ1) is 25.3. The lowest BCUT2D eigenvalue weighted by Crippen LogP contribution is -2.51. The lowest BCUT2D eigenvalue weighted by molar-refractivity contribution is -0.139. The molecular weight excluding hydrogens is 433 g/mol. The van der Waals surface area contributed by atoms with Gasteiger partial charge in [-0.2, -0.15) is 0 Å². The summed E-state index contributed by atoms with van der Waals surface area (Å²) in [6, 6.07) is 13.6. The number of rotatable bonds is 11. The van der Waals surface area contributed by atoms with Crippen molar-refractivity contribution in [3.63, 3.8) is 0 Å². The van der Waals surface area contributed by atoms with Crippen molar-refractivity contribution in [3.05, 3.63) is 66.0 Å². The van der Waals surface area contributed by atoms with Gasteiger partial charge in [0.15, 0.2) is 0 Å². The molecule has 0 saturated heterocycles. The van der Waals surface area contributed by atoms with E-state index in [4.69, 9.17) is 0 Å². The fourth-order valence-electron chi connectivity index (χ4n) is 3.15. The van der Waals surface area contributed by atoms with Crippen LogP contribution in [-0.2, 0) is 26.2 Å². The molecule has 0 radical (unpaired) electrons. The first-order chi connectivity index (χ1) is 15.1. The minimum absolute atomic E-state index is 0.108. The summed E-state index contributed by atoms with van der Waals surface area (Å²) >= 11 is 0. The van der Waals surface area contributed by atoms with Crippen molar-refractivity contribution >= 4 is 27.5 Å². The van der Waals surface area contributed by atoms with E-state index in [1.807, 2.05) is 37.3 Å². The van der Waals surface area contributed by atoms with Crippen LogP contribution in [0.1, 0.15) is 32.3 Å². The normalized spacial score (nSPS) is 12.1. The zero-order valence-corrected chi connectivity index (χ0v) is 19.4. The van der Waals surface area contributed by atoms with Crippen LogP contribution < -0.4 is 9.62 Å². The fraction of sp³-hybridized carbons (Fsp3) is 0.391. The Morgan fingerprint density at radius 2 is 1.69 bits per heavy atom. The quantitative estimate of drug-likeness (QED) is 0.519. The van der Waals surface area contributed by atoms with Gasteiger partial charge in [-0.1, -0.05) is 55.8 Å². The predicted molar refractivity (Wildman–Crippen MR) is 123 cm³/mol. The van der Waals surface area contributed by atoms with E-state index in [0.29, 0.717) is 6.54 Å². The molecule has 7 nitrogen and oxygen atoms in total. The second kappa shape index (κ2) is 11.6. The van der Waals surface area contributed by atoms with E-state index in [1.54, 1.807) is 6.92 Å². The SMILES string of the molecule is CCCCNC(=O)[C@H](C)N(Cc1ccccc1)C(=O)CN(c1ccccc1F)S(C)(=O)=O. The highest BCUT2D eigenvalue weighted by molar-refractivity contribution is 7.92. The molecule has 2 rings (SSSR count). The molecule has 0 aliphatic heterocycles. The number of sulfonamides is 1. The number of hydrogen-bond acceptors (Lipinski definition) is 4. The molecule has 1 N–H and O–H groups in total. The second-order valence-electron chi connectivity index (χ2n) is 7.55. The molecule has 0 unspecified atom stereocenters. The maximum atomic E-state index is 14.3. The molecule has 0 saturated carbocycles. The van der Waals surface area contributed by atoms with Crippen molar-refractivity contribution in [1.29, 1.82) is 0 Å². The minimum atomic E-state index is -3.96. The summed E-state index contributed by atoms with van der Waals surface area (Å²) in [6.07, 6.45) is 2.63. The molecule has 2 aromatic rings. The number of benzene rings is 2.